The van der Waals surface area contributed by atoms with Crippen LogP contribution in [0.4, 0.5) is 5.82 Å². The number of nitrogen functional groups attached to an aromatic ring is 1. The summed E-state index contributed by atoms with van der Waals surface area (Å²) in [6, 6.07) is 3.58. The van der Waals surface area contributed by atoms with Gasteiger partial charge in [-0.15, -0.1) is 0 Å². The van der Waals surface area contributed by atoms with Gasteiger partial charge in [-0.25, -0.2) is 4.98 Å². The third-order valence-corrected chi connectivity index (χ3v) is 1.10. The quantitative estimate of drug-likeness (QED) is 0.592. The van der Waals surface area contributed by atoms with E-state index in [0.717, 1.165) is 5.56 Å². The Balaban J connectivity index is 2.89. The van der Waals surface area contributed by atoms with E-state index in [0.29, 0.717) is 5.82 Å². The van der Waals surface area contributed by atoms with Crippen LogP contribution < -0.4 is 11.5 Å². The first-order chi connectivity index (χ1) is 4.83. The monoisotopic (exact) mass is 135 g/mol. The molecule has 0 fully saturated rings. The fourth-order valence-corrected chi connectivity index (χ4v) is 0.626. The zero-order chi connectivity index (χ0) is 7.40. The molecule has 3 heteroatoms. The van der Waals surface area contributed by atoms with Gasteiger partial charge in [-0.3, -0.25) is 0 Å². The van der Waals surface area contributed by atoms with Crippen LogP contribution in [0.5, 0.6) is 0 Å². The van der Waals surface area contributed by atoms with E-state index in [4.69, 9.17) is 11.5 Å². The summed E-state index contributed by atoms with van der Waals surface area (Å²) in [5.41, 5.74) is 11.5. The van der Waals surface area contributed by atoms with Gasteiger partial charge in [0.15, 0.2) is 0 Å². The molecule has 0 radical (unpaired) electrons. The summed E-state index contributed by atoms with van der Waals surface area (Å²) in [5, 5.41) is 0. The summed E-state index contributed by atoms with van der Waals surface area (Å²) in [7, 11) is 0. The smallest absolute Gasteiger partial charge is 0.123 e. The maximum Gasteiger partial charge on any atom is 0.123 e. The molecule has 0 bridgehead atoms. The van der Waals surface area contributed by atoms with Gasteiger partial charge in [0, 0.05) is 6.20 Å². The molecule has 1 aromatic heterocycles. The Labute approximate surface area is 59.4 Å². The van der Waals surface area contributed by atoms with Gasteiger partial charge in [0.1, 0.15) is 5.82 Å². The van der Waals surface area contributed by atoms with Gasteiger partial charge in [0.2, 0.25) is 0 Å². The second-order valence-corrected chi connectivity index (χ2v) is 1.88. The first-order valence-corrected chi connectivity index (χ1v) is 2.93. The molecule has 0 saturated carbocycles. The Morgan fingerprint density at radius 3 is 2.70 bits per heavy atom. The standard InChI is InChI=1S/C7H9N3/c8-4-3-6-1-2-7(9)10-5-6/h1-5H,8H2,(H2,9,10)/b4-3+. The molecule has 0 amide bonds. The zero-order valence-corrected chi connectivity index (χ0v) is 5.49. The molecule has 52 valence electrons. The predicted octanol–water partition coefficient (Wildman–Crippen LogP) is 0.593. The van der Waals surface area contributed by atoms with Crippen molar-refractivity contribution in [3.8, 4) is 0 Å². The summed E-state index contributed by atoms with van der Waals surface area (Å²) in [6.07, 6.45) is 4.89. The fraction of sp³-hybridized carbons (Fsp3) is 0. The van der Waals surface area contributed by atoms with Crippen molar-refractivity contribution in [2.75, 3.05) is 5.73 Å². The van der Waals surface area contributed by atoms with Gasteiger partial charge < -0.3 is 11.5 Å². The molecule has 0 saturated heterocycles. The third kappa shape index (κ3) is 1.48. The van der Waals surface area contributed by atoms with Crippen LogP contribution in [0.25, 0.3) is 6.08 Å². The minimum absolute atomic E-state index is 0.522. The molecule has 0 aliphatic rings. The minimum atomic E-state index is 0.522. The Morgan fingerprint density at radius 1 is 1.40 bits per heavy atom. The Kier molecular flexibility index (Phi) is 1.89. The van der Waals surface area contributed by atoms with Crippen molar-refractivity contribution in [3.63, 3.8) is 0 Å². The zero-order valence-electron chi connectivity index (χ0n) is 5.49. The molecule has 1 rings (SSSR count). The van der Waals surface area contributed by atoms with Gasteiger partial charge in [-0.05, 0) is 30.0 Å². The Bertz CT molecular complexity index is 225. The molecule has 3 nitrogen and oxygen atoms in total. The van der Waals surface area contributed by atoms with Crippen molar-refractivity contribution in [1.29, 1.82) is 0 Å². The number of pyridine rings is 1. The summed E-state index contributed by atoms with van der Waals surface area (Å²) in [4.78, 5) is 3.87. The lowest BCUT2D eigenvalue weighted by Gasteiger charge is -1.91. The lowest BCUT2D eigenvalue weighted by molar-refractivity contribution is 1.32. The van der Waals surface area contributed by atoms with Crippen LogP contribution in [0, 0.1) is 0 Å². The van der Waals surface area contributed by atoms with Gasteiger partial charge in [-0.2, -0.15) is 0 Å². The molecule has 4 N–H and O–H groups in total. The number of aromatic nitrogens is 1. The van der Waals surface area contributed by atoms with E-state index in [1.165, 1.54) is 6.20 Å². The molecule has 0 aliphatic heterocycles. The van der Waals surface area contributed by atoms with Crippen molar-refractivity contribution in [3.05, 3.63) is 30.1 Å². The molecule has 1 heterocycles. The summed E-state index contributed by atoms with van der Waals surface area (Å²) >= 11 is 0. The van der Waals surface area contributed by atoms with Crippen LogP contribution in [0.2, 0.25) is 0 Å². The first-order valence-electron chi connectivity index (χ1n) is 2.93. The Morgan fingerprint density at radius 2 is 2.20 bits per heavy atom. The van der Waals surface area contributed by atoms with Crippen LogP contribution >= 0.6 is 0 Å². The van der Waals surface area contributed by atoms with E-state index in [2.05, 4.69) is 4.98 Å². The highest BCUT2D eigenvalue weighted by Crippen LogP contribution is 2.01. The third-order valence-electron chi connectivity index (χ3n) is 1.10. The SMILES string of the molecule is N/C=C/c1ccc(N)nc1. The molecular weight excluding hydrogens is 126 g/mol. The molecule has 0 unspecified atom stereocenters. The lowest BCUT2D eigenvalue weighted by atomic mass is 10.3. The molecule has 0 aromatic carbocycles. The predicted molar refractivity (Wildman–Crippen MR) is 41.9 cm³/mol. The highest BCUT2D eigenvalue weighted by molar-refractivity contribution is 5.49. The van der Waals surface area contributed by atoms with E-state index in [1.54, 1.807) is 18.3 Å². The number of nitrogens with zero attached hydrogens (tertiary/aromatic N) is 1. The van der Waals surface area contributed by atoms with Crippen molar-refractivity contribution in [2.45, 2.75) is 0 Å². The normalized spacial score (nSPS) is 10.4. The van der Waals surface area contributed by atoms with Crippen molar-refractivity contribution < 1.29 is 0 Å². The summed E-state index contributed by atoms with van der Waals surface area (Å²) in [6.45, 7) is 0. The summed E-state index contributed by atoms with van der Waals surface area (Å²) < 4.78 is 0. The van der Waals surface area contributed by atoms with E-state index < -0.39 is 0 Å². The highest BCUT2D eigenvalue weighted by atomic mass is 14.8. The van der Waals surface area contributed by atoms with Gasteiger partial charge >= 0.3 is 0 Å². The highest BCUT2D eigenvalue weighted by Gasteiger charge is 1.85. The van der Waals surface area contributed by atoms with E-state index in [1.807, 2.05) is 6.07 Å². The summed E-state index contributed by atoms with van der Waals surface area (Å²) in [5.74, 6) is 0.522. The van der Waals surface area contributed by atoms with Crippen LogP contribution in [0.15, 0.2) is 24.5 Å². The first kappa shape index (κ1) is 6.61. The second kappa shape index (κ2) is 2.87. The number of rotatable bonds is 1. The molecule has 10 heavy (non-hydrogen) atoms. The fourth-order valence-electron chi connectivity index (χ4n) is 0.626. The lowest BCUT2D eigenvalue weighted by Crippen LogP contribution is -1.88. The Hall–Kier alpha value is -1.51. The van der Waals surface area contributed by atoms with Crippen molar-refractivity contribution in [2.24, 2.45) is 5.73 Å². The average Bonchev–Trinajstić information content (AvgIpc) is 1.95. The number of anilines is 1. The maximum atomic E-state index is 5.36. The average molecular weight is 135 g/mol. The number of hydrogen-bond acceptors (Lipinski definition) is 3. The van der Waals surface area contributed by atoms with Gasteiger partial charge in [0.25, 0.3) is 0 Å². The van der Waals surface area contributed by atoms with E-state index in [9.17, 15) is 0 Å². The van der Waals surface area contributed by atoms with Crippen molar-refractivity contribution in [1.82, 2.24) is 4.98 Å². The number of hydrogen-bond donors (Lipinski definition) is 2. The van der Waals surface area contributed by atoms with Crippen LogP contribution in [0.3, 0.4) is 0 Å². The second-order valence-electron chi connectivity index (χ2n) is 1.88. The van der Waals surface area contributed by atoms with Gasteiger partial charge in [-0.1, -0.05) is 0 Å². The van der Waals surface area contributed by atoms with Crippen molar-refractivity contribution >= 4 is 11.9 Å². The van der Waals surface area contributed by atoms with Crippen LogP contribution in [0.1, 0.15) is 5.56 Å². The molecule has 1 aromatic rings. The largest absolute Gasteiger partial charge is 0.405 e. The maximum absolute atomic E-state index is 5.36. The number of nitrogens with two attached hydrogens (primary N) is 2. The van der Waals surface area contributed by atoms with Gasteiger partial charge in [0.05, 0.1) is 0 Å². The molecule has 0 spiro atoms. The molecular formula is C7H9N3. The van der Waals surface area contributed by atoms with Crippen LogP contribution in [-0.2, 0) is 0 Å². The minimum Gasteiger partial charge on any atom is -0.405 e. The van der Waals surface area contributed by atoms with E-state index >= 15 is 0 Å². The molecule has 0 aliphatic carbocycles. The van der Waals surface area contributed by atoms with E-state index in [-0.39, 0.29) is 0 Å². The van der Waals surface area contributed by atoms with Crippen LogP contribution in [-0.4, -0.2) is 4.98 Å². The topological polar surface area (TPSA) is 64.9 Å². The molecule has 0 atom stereocenters.